The Balaban J connectivity index is 0.00000200. The van der Waals surface area contributed by atoms with Crippen LogP contribution >= 0.6 is 12.4 Å². The van der Waals surface area contributed by atoms with E-state index in [1.807, 2.05) is 0 Å². The molecule has 1 saturated heterocycles. The van der Waals surface area contributed by atoms with Gasteiger partial charge in [-0.25, -0.2) is 0 Å². The van der Waals surface area contributed by atoms with E-state index in [-0.39, 0.29) is 18.4 Å². The summed E-state index contributed by atoms with van der Waals surface area (Å²) in [6, 6.07) is 4.25. The monoisotopic (exact) mass is 308 g/mol. The van der Waals surface area contributed by atoms with E-state index in [1.165, 1.54) is 6.07 Å². The van der Waals surface area contributed by atoms with Crippen molar-refractivity contribution in [1.82, 2.24) is 4.90 Å². The third kappa shape index (κ3) is 4.36. The van der Waals surface area contributed by atoms with E-state index < -0.39 is 11.7 Å². The molecular formula is C14H20ClF3N2. The summed E-state index contributed by atoms with van der Waals surface area (Å²) < 4.78 is 37.7. The van der Waals surface area contributed by atoms with Crippen LogP contribution in [0.3, 0.4) is 0 Å². The molecule has 0 spiro atoms. The molecule has 2 nitrogen and oxygen atoms in total. The first kappa shape index (κ1) is 17.3. The van der Waals surface area contributed by atoms with Gasteiger partial charge in [0.1, 0.15) is 0 Å². The van der Waals surface area contributed by atoms with Gasteiger partial charge in [0.2, 0.25) is 0 Å². The zero-order chi connectivity index (χ0) is 14.0. The van der Waals surface area contributed by atoms with Gasteiger partial charge < -0.3 is 5.73 Å². The Bertz CT molecular complexity index is 441. The smallest absolute Gasteiger partial charge is 0.328 e. The van der Waals surface area contributed by atoms with Gasteiger partial charge in [0.05, 0.1) is 5.56 Å². The van der Waals surface area contributed by atoms with E-state index in [1.54, 1.807) is 13.0 Å². The Kier molecular flexibility index (Phi) is 5.86. The summed E-state index contributed by atoms with van der Waals surface area (Å²) in [4.78, 5) is 2.25. The number of hydrogen-bond donors (Lipinski definition) is 1. The number of nitrogens with two attached hydrogens (primary N) is 1. The molecule has 1 aliphatic rings. The summed E-state index contributed by atoms with van der Waals surface area (Å²) in [7, 11) is 0. The zero-order valence-corrected chi connectivity index (χ0v) is 12.2. The van der Waals surface area contributed by atoms with Crippen LogP contribution in [0, 0.1) is 6.92 Å². The van der Waals surface area contributed by atoms with Crippen molar-refractivity contribution >= 4 is 12.4 Å². The van der Waals surface area contributed by atoms with E-state index in [0.717, 1.165) is 37.6 Å². The van der Waals surface area contributed by atoms with Crippen molar-refractivity contribution in [3.63, 3.8) is 0 Å². The first-order valence-electron chi connectivity index (χ1n) is 6.51. The topological polar surface area (TPSA) is 29.3 Å². The lowest BCUT2D eigenvalue weighted by Crippen LogP contribution is -2.39. The van der Waals surface area contributed by atoms with E-state index >= 15 is 0 Å². The molecule has 0 unspecified atom stereocenters. The molecule has 2 N–H and O–H groups in total. The summed E-state index contributed by atoms with van der Waals surface area (Å²) >= 11 is 0. The fourth-order valence-corrected chi connectivity index (χ4v) is 2.40. The van der Waals surface area contributed by atoms with Crippen LogP contribution in [0.5, 0.6) is 0 Å². The number of nitrogens with zero attached hydrogens (tertiary/aromatic N) is 1. The molecule has 0 amide bonds. The molecular weight excluding hydrogens is 289 g/mol. The molecule has 0 radical (unpaired) electrons. The normalized spacial score (nSPS) is 17.9. The Hall–Kier alpha value is -0.780. The molecule has 0 aromatic heterocycles. The van der Waals surface area contributed by atoms with Crippen molar-refractivity contribution in [2.75, 3.05) is 13.1 Å². The van der Waals surface area contributed by atoms with Gasteiger partial charge in [-0.3, -0.25) is 4.90 Å². The Morgan fingerprint density at radius 3 is 2.35 bits per heavy atom. The fourth-order valence-electron chi connectivity index (χ4n) is 2.40. The van der Waals surface area contributed by atoms with Crippen molar-refractivity contribution in [2.45, 2.75) is 38.5 Å². The minimum Gasteiger partial charge on any atom is -0.328 e. The van der Waals surface area contributed by atoms with E-state index in [9.17, 15) is 13.2 Å². The van der Waals surface area contributed by atoms with E-state index in [2.05, 4.69) is 4.90 Å². The Labute approximate surface area is 123 Å². The van der Waals surface area contributed by atoms with Crippen LogP contribution in [0.1, 0.15) is 29.5 Å². The van der Waals surface area contributed by atoms with Crippen LogP contribution in [0.2, 0.25) is 0 Å². The number of aryl methyl sites for hydroxylation is 1. The lowest BCUT2D eigenvalue weighted by molar-refractivity contribution is -0.137. The van der Waals surface area contributed by atoms with Crippen LogP contribution in [0.15, 0.2) is 18.2 Å². The molecule has 20 heavy (non-hydrogen) atoms. The van der Waals surface area contributed by atoms with Gasteiger partial charge in [0, 0.05) is 12.6 Å². The molecule has 0 bridgehead atoms. The number of likely N-dealkylation sites (tertiary alicyclic amines) is 1. The first-order chi connectivity index (χ1) is 8.86. The number of halogens is 4. The number of rotatable bonds is 2. The highest BCUT2D eigenvalue weighted by Gasteiger charge is 2.30. The lowest BCUT2D eigenvalue weighted by atomic mass is 10.0. The van der Waals surface area contributed by atoms with Crippen LogP contribution in [0.25, 0.3) is 0 Å². The van der Waals surface area contributed by atoms with Crippen molar-refractivity contribution in [2.24, 2.45) is 5.73 Å². The largest absolute Gasteiger partial charge is 0.416 e. The highest BCUT2D eigenvalue weighted by molar-refractivity contribution is 5.85. The van der Waals surface area contributed by atoms with Gasteiger partial charge in [0.15, 0.2) is 0 Å². The molecule has 6 heteroatoms. The second kappa shape index (κ2) is 6.78. The molecule has 1 fully saturated rings. The van der Waals surface area contributed by atoms with Gasteiger partial charge in [-0.15, -0.1) is 12.4 Å². The van der Waals surface area contributed by atoms with E-state index in [4.69, 9.17) is 5.73 Å². The minimum absolute atomic E-state index is 0. The first-order valence-corrected chi connectivity index (χ1v) is 6.51. The SMILES string of the molecule is Cc1cc(C(F)(F)F)ccc1CN1CCC(N)CC1.Cl. The number of hydrogen-bond acceptors (Lipinski definition) is 2. The molecule has 0 saturated carbocycles. The lowest BCUT2D eigenvalue weighted by Gasteiger charge is -2.30. The standard InChI is InChI=1S/C14H19F3N2.ClH/c1-10-8-12(14(15,16)17)3-2-11(10)9-19-6-4-13(18)5-7-19;/h2-3,8,13H,4-7,9,18H2,1H3;1H. The van der Waals surface area contributed by atoms with Crippen LogP contribution in [0.4, 0.5) is 13.2 Å². The van der Waals surface area contributed by atoms with Crippen molar-refractivity contribution in [3.05, 3.63) is 34.9 Å². The maximum atomic E-state index is 12.6. The maximum Gasteiger partial charge on any atom is 0.416 e. The van der Waals surface area contributed by atoms with Gasteiger partial charge >= 0.3 is 6.18 Å². The second-order valence-corrected chi connectivity index (χ2v) is 5.25. The summed E-state index contributed by atoms with van der Waals surface area (Å²) in [5.41, 5.74) is 6.92. The molecule has 0 atom stereocenters. The van der Waals surface area contributed by atoms with Gasteiger partial charge in [-0.05, 0) is 56.1 Å². The Morgan fingerprint density at radius 1 is 1.25 bits per heavy atom. The zero-order valence-electron chi connectivity index (χ0n) is 11.4. The predicted molar refractivity (Wildman–Crippen MR) is 75.9 cm³/mol. The van der Waals surface area contributed by atoms with Gasteiger partial charge in [-0.2, -0.15) is 13.2 Å². The molecule has 1 aromatic carbocycles. The minimum atomic E-state index is -4.26. The number of alkyl halides is 3. The maximum absolute atomic E-state index is 12.6. The van der Waals surface area contributed by atoms with Gasteiger partial charge in [0.25, 0.3) is 0 Å². The van der Waals surface area contributed by atoms with E-state index in [0.29, 0.717) is 12.1 Å². The van der Waals surface area contributed by atoms with Crippen molar-refractivity contribution in [1.29, 1.82) is 0 Å². The van der Waals surface area contributed by atoms with Crippen LogP contribution < -0.4 is 5.73 Å². The van der Waals surface area contributed by atoms with Crippen LogP contribution in [-0.2, 0) is 12.7 Å². The quantitative estimate of drug-likeness (QED) is 0.908. The highest BCUT2D eigenvalue weighted by atomic mass is 35.5. The highest BCUT2D eigenvalue weighted by Crippen LogP contribution is 2.30. The average Bonchev–Trinajstić information content (AvgIpc) is 2.33. The summed E-state index contributed by atoms with van der Waals surface area (Å²) in [6.07, 6.45) is -2.35. The molecule has 114 valence electrons. The third-order valence-corrected chi connectivity index (χ3v) is 3.70. The average molecular weight is 309 g/mol. The molecule has 1 aromatic rings. The van der Waals surface area contributed by atoms with Crippen molar-refractivity contribution in [3.8, 4) is 0 Å². The third-order valence-electron chi connectivity index (χ3n) is 3.70. The molecule has 0 aliphatic carbocycles. The summed E-state index contributed by atoms with van der Waals surface area (Å²) in [5, 5.41) is 0. The second-order valence-electron chi connectivity index (χ2n) is 5.25. The molecule has 1 heterocycles. The predicted octanol–water partition coefficient (Wildman–Crippen LogP) is 3.36. The summed E-state index contributed by atoms with van der Waals surface area (Å²) in [5.74, 6) is 0. The van der Waals surface area contributed by atoms with Gasteiger partial charge in [-0.1, -0.05) is 6.07 Å². The molecule has 2 rings (SSSR count). The van der Waals surface area contributed by atoms with Crippen LogP contribution in [-0.4, -0.2) is 24.0 Å². The molecule has 1 aliphatic heterocycles. The number of benzene rings is 1. The summed E-state index contributed by atoms with van der Waals surface area (Å²) in [6.45, 7) is 4.28. The Morgan fingerprint density at radius 2 is 1.85 bits per heavy atom. The van der Waals surface area contributed by atoms with Crippen molar-refractivity contribution < 1.29 is 13.2 Å². The fraction of sp³-hybridized carbons (Fsp3) is 0.571. The number of piperidine rings is 1.